The Balaban J connectivity index is 1.23. The van der Waals surface area contributed by atoms with Gasteiger partial charge in [0.05, 0.1) is 25.3 Å². The molecule has 0 radical (unpaired) electrons. The molecule has 9 aromatic carbocycles. The highest BCUT2D eigenvalue weighted by atomic mass is 16.5. The topological polar surface area (TPSA) is 26.6 Å². The number of aromatic nitrogens is 1. The van der Waals surface area contributed by atoms with Crippen LogP contribution < -0.4 is 14.4 Å². The molecule has 0 spiro atoms. The summed E-state index contributed by atoms with van der Waals surface area (Å²) < 4.78 is 14.4. The van der Waals surface area contributed by atoms with Gasteiger partial charge in [0.1, 0.15) is 11.5 Å². The summed E-state index contributed by atoms with van der Waals surface area (Å²) >= 11 is 0. The van der Waals surface area contributed by atoms with Crippen molar-refractivity contribution in [3.8, 4) is 39.4 Å². The number of methoxy groups -OCH3 is 2. The molecule has 0 unspecified atom stereocenters. The SMILES string of the molecule is COc1ccccc1-c1c2ccccc2c(-c2ccccc2OC)c2cc(N(c3ccccc3)c3ccc(-n4c5ccccc5c5ccccc54)cc3)ccc12. The van der Waals surface area contributed by atoms with Crippen molar-refractivity contribution in [2.75, 3.05) is 19.1 Å². The number of anilines is 3. The van der Waals surface area contributed by atoms with Gasteiger partial charge in [-0.1, -0.05) is 121 Å². The fourth-order valence-corrected chi connectivity index (χ4v) is 8.56. The van der Waals surface area contributed by atoms with Gasteiger partial charge < -0.3 is 18.9 Å². The molecule has 56 heavy (non-hydrogen) atoms. The van der Waals surface area contributed by atoms with Crippen LogP contribution in [-0.4, -0.2) is 18.8 Å². The second-order valence-electron chi connectivity index (χ2n) is 14.0. The van der Waals surface area contributed by atoms with E-state index in [1.165, 1.54) is 21.8 Å². The summed E-state index contributed by atoms with van der Waals surface area (Å²) in [5.74, 6) is 1.66. The molecule has 0 aliphatic heterocycles. The minimum absolute atomic E-state index is 0.829. The third kappa shape index (κ3) is 5.38. The van der Waals surface area contributed by atoms with Gasteiger partial charge in [0, 0.05) is 55.8 Å². The van der Waals surface area contributed by atoms with Crippen molar-refractivity contribution in [3.05, 3.63) is 194 Å². The number of ether oxygens (including phenoxy) is 2. The monoisotopic (exact) mass is 722 g/mol. The zero-order valence-electron chi connectivity index (χ0n) is 31.2. The van der Waals surface area contributed by atoms with Gasteiger partial charge in [-0.15, -0.1) is 0 Å². The van der Waals surface area contributed by atoms with Crippen LogP contribution in [0.4, 0.5) is 17.1 Å². The van der Waals surface area contributed by atoms with Crippen molar-refractivity contribution < 1.29 is 9.47 Å². The van der Waals surface area contributed by atoms with Crippen molar-refractivity contribution in [1.82, 2.24) is 4.57 Å². The minimum atomic E-state index is 0.829. The highest BCUT2D eigenvalue weighted by Gasteiger charge is 2.23. The van der Waals surface area contributed by atoms with Crippen LogP contribution >= 0.6 is 0 Å². The average molecular weight is 723 g/mol. The minimum Gasteiger partial charge on any atom is -0.496 e. The van der Waals surface area contributed by atoms with E-state index in [0.717, 1.165) is 78.0 Å². The smallest absolute Gasteiger partial charge is 0.126 e. The van der Waals surface area contributed by atoms with Crippen LogP contribution in [0, 0.1) is 0 Å². The molecule has 1 aromatic heterocycles. The standard InChI is InChI=1S/C52H38N2O2/c1-55-49-26-14-10-22-44(49)51-41-20-6-7-21-42(41)52(45-23-11-15-27-50(45)56-2)46-34-38(32-33-43(46)51)53(35-16-4-3-5-17-35)36-28-30-37(31-29-36)54-47-24-12-8-18-39(47)40-19-9-13-25-48(40)54/h3-34H,1-2H3. The zero-order chi connectivity index (χ0) is 37.6. The number of hydrogen-bond acceptors (Lipinski definition) is 3. The van der Waals surface area contributed by atoms with E-state index in [0.29, 0.717) is 0 Å². The summed E-state index contributed by atoms with van der Waals surface area (Å²) in [6.45, 7) is 0. The number of rotatable bonds is 8. The molecule has 0 atom stereocenters. The van der Waals surface area contributed by atoms with Crippen molar-refractivity contribution in [3.63, 3.8) is 0 Å². The Labute approximate surface area is 326 Å². The number of fused-ring (bicyclic) bond motifs is 5. The van der Waals surface area contributed by atoms with E-state index < -0.39 is 0 Å². The van der Waals surface area contributed by atoms with Crippen LogP contribution in [-0.2, 0) is 0 Å². The first-order chi connectivity index (χ1) is 27.7. The summed E-state index contributed by atoms with van der Waals surface area (Å²) in [5, 5.41) is 7.05. The lowest BCUT2D eigenvalue weighted by Gasteiger charge is -2.27. The Morgan fingerprint density at radius 3 is 1.36 bits per heavy atom. The maximum Gasteiger partial charge on any atom is 0.126 e. The van der Waals surface area contributed by atoms with Crippen LogP contribution in [0.5, 0.6) is 11.5 Å². The zero-order valence-corrected chi connectivity index (χ0v) is 31.2. The van der Waals surface area contributed by atoms with E-state index in [1.54, 1.807) is 14.2 Å². The molecule has 4 heteroatoms. The molecule has 4 nitrogen and oxygen atoms in total. The quantitative estimate of drug-likeness (QED) is 0.146. The number of nitrogens with zero attached hydrogens (tertiary/aromatic N) is 2. The summed E-state index contributed by atoms with van der Waals surface area (Å²) in [6.07, 6.45) is 0. The van der Waals surface area contributed by atoms with E-state index >= 15 is 0 Å². The number of benzene rings is 9. The van der Waals surface area contributed by atoms with Crippen LogP contribution in [0.15, 0.2) is 194 Å². The van der Waals surface area contributed by atoms with Gasteiger partial charge in [-0.2, -0.15) is 0 Å². The van der Waals surface area contributed by atoms with E-state index in [2.05, 4.69) is 179 Å². The van der Waals surface area contributed by atoms with Gasteiger partial charge in [0.2, 0.25) is 0 Å². The van der Waals surface area contributed by atoms with Crippen LogP contribution in [0.3, 0.4) is 0 Å². The normalized spacial score (nSPS) is 11.4. The number of para-hydroxylation sites is 5. The first-order valence-electron chi connectivity index (χ1n) is 18.9. The lowest BCUT2D eigenvalue weighted by molar-refractivity contribution is 0.416. The van der Waals surface area contributed by atoms with Crippen molar-refractivity contribution in [2.24, 2.45) is 0 Å². The lowest BCUT2D eigenvalue weighted by Crippen LogP contribution is -2.10. The fraction of sp³-hybridized carbons (Fsp3) is 0.0385. The molecule has 0 amide bonds. The van der Waals surface area contributed by atoms with Gasteiger partial charge in [-0.05, 0) is 94.3 Å². The summed E-state index contributed by atoms with van der Waals surface area (Å²) in [4.78, 5) is 2.35. The molecule has 0 aliphatic rings. The highest BCUT2D eigenvalue weighted by Crippen LogP contribution is 2.49. The summed E-state index contributed by atoms with van der Waals surface area (Å²) in [6, 6.07) is 69.0. The van der Waals surface area contributed by atoms with Crippen LogP contribution in [0.1, 0.15) is 0 Å². The number of hydrogen-bond donors (Lipinski definition) is 0. The van der Waals surface area contributed by atoms with E-state index in [9.17, 15) is 0 Å². The Morgan fingerprint density at radius 2 is 0.786 bits per heavy atom. The van der Waals surface area contributed by atoms with Gasteiger partial charge in [-0.25, -0.2) is 0 Å². The molecular formula is C52H38N2O2. The molecule has 0 saturated carbocycles. The molecular weight excluding hydrogens is 685 g/mol. The average Bonchev–Trinajstić information content (AvgIpc) is 3.60. The maximum atomic E-state index is 6.03. The predicted octanol–water partition coefficient (Wildman–Crippen LogP) is 13.9. The molecule has 0 bridgehead atoms. The summed E-state index contributed by atoms with van der Waals surface area (Å²) in [7, 11) is 3.49. The van der Waals surface area contributed by atoms with E-state index in [4.69, 9.17) is 9.47 Å². The van der Waals surface area contributed by atoms with Gasteiger partial charge in [0.15, 0.2) is 0 Å². The van der Waals surface area contributed by atoms with Gasteiger partial charge in [-0.3, -0.25) is 0 Å². The highest BCUT2D eigenvalue weighted by molar-refractivity contribution is 6.23. The molecule has 1 heterocycles. The van der Waals surface area contributed by atoms with Crippen molar-refractivity contribution in [1.29, 1.82) is 0 Å². The molecule has 0 N–H and O–H groups in total. The third-order valence-corrected chi connectivity index (χ3v) is 11.0. The first-order valence-corrected chi connectivity index (χ1v) is 18.9. The van der Waals surface area contributed by atoms with Gasteiger partial charge >= 0.3 is 0 Å². The Hall–Kier alpha value is -7.30. The van der Waals surface area contributed by atoms with Gasteiger partial charge in [0.25, 0.3) is 0 Å². The van der Waals surface area contributed by atoms with E-state index in [-0.39, 0.29) is 0 Å². The predicted molar refractivity (Wildman–Crippen MR) is 234 cm³/mol. The van der Waals surface area contributed by atoms with Crippen molar-refractivity contribution in [2.45, 2.75) is 0 Å². The van der Waals surface area contributed by atoms with Crippen LogP contribution in [0.2, 0.25) is 0 Å². The lowest BCUT2D eigenvalue weighted by atomic mass is 9.85. The Morgan fingerprint density at radius 1 is 0.357 bits per heavy atom. The fourth-order valence-electron chi connectivity index (χ4n) is 8.56. The molecule has 0 fully saturated rings. The van der Waals surface area contributed by atoms with Crippen LogP contribution in [0.25, 0.3) is 71.3 Å². The maximum absolute atomic E-state index is 6.03. The molecule has 268 valence electrons. The Kier molecular flexibility index (Phi) is 8.23. The molecule has 0 saturated heterocycles. The molecule has 10 rings (SSSR count). The molecule has 10 aromatic rings. The summed E-state index contributed by atoms with van der Waals surface area (Å²) in [5.41, 5.74) is 11.0. The second-order valence-corrected chi connectivity index (χ2v) is 14.0. The second kappa shape index (κ2) is 13.8. The third-order valence-electron chi connectivity index (χ3n) is 11.0. The van der Waals surface area contributed by atoms with Crippen molar-refractivity contribution >= 4 is 60.4 Å². The largest absolute Gasteiger partial charge is 0.496 e. The first kappa shape index (κ1) is 33.3. The molecule has 0 aliphatic carbocycles. The Bertz CT molecular complexity index is 3000. The van der Waals surface area contributed by atoms with E-state index in [1.807, 2.05) is 24.3 Å².